The van der Waals surface area contributed by atoms with Crippen molar-refractivity contribution >= 4 is 27.1 Å². The Bertz CT molecular complexity index is 596. The minimum absolute atomic E-state index is 0.779. The molecule has 0 aromatic carbocycles. The summed E-state index contributed by atoms with van der Waals surface area (Å²) in [6, 6.07) is 2.02. The van der Waals surface area contributed by atoms with Crippen molar-refractivity contribution in [2.45, 2.75) is 13.0 Å². The van der Waals surface area contributed by atoms with Crippen LogP contribution in [-0.4, -0.2) is 58.5 Å². The van der Waals surface area contributed by atoms with Gasteiger partial charge in [0.1, 0.15) is 5.82 Å². The van der Waals surface area contributed by atoms with Crippen molar-refractivity contribution in [1.29, 1.82) is 0 Å². The quantitative estimate of drug-likeness (QED) is 0.928. The average Bonchev–Trinajstić information content (AvgIpc) is 2.94. The number of rotatable bonds is 4. The molecule has 2 aromatic rings. The summed E-state index contributed by atoms with van der Waals surface area (Å²) in [5.41, 5.74) is 1.78. The number of nitrogens with zero attached hydrogens (tertiary/aromatic N) is 4. The number of halogens is 1. The first-order chi connectivity index (χ1) is 9.60. The van der Waals surface area contributed by atoms with Gasteiger partial charge in [-0.25, -0.2) is 9.97 Å². The molecule has 1 aliphatic rings. The highest BCUT2D eigenvalue weighted by atomic mass is 79.9. The van der Waals surface area contributed by atoms with E-state index in [1.54, 1.807) is 6.20 Å². The number of hydrogen-bond donors (Lipinski definition) is 1. The zero-order valence-corrected chi connectivity index (χ0v) is 13.5. The molecule has 1 aliphatic heterocycles. The monoisotopic (exact) mass is 337 g/mol. The van der Waals surface area contributed by atoms with Crippen LogP contribution < -0.4 is 0 Å². The van der Waals surface area contributed by atoms with E-state index in [1.165, 1.54) is 19.5 Å². The lowest BCUT2D eigenvalue weighted by Crippen LogP contribution is -2.27. The van der Waals surface area contributed by atoms with Crippen LogP contribution in [0.15, 0.2) is 16.7 Å². The molecule has 0 aliphatic carbocycles. The van der Waals surface area contributed by atoms with Crippen molar-refractivity contribution < 1.29 is 0 Å². The van der Waals surface area contributed by atoms with Crippen molar-refractivity contribution in [2.24, 2.45) is 5.92 Å². The molecular weight excluding hydrogens is 318 g/mol. The first-order valence-electron chi connectivity index (χ1n) is 6.97. The predicted octanol–water partition coefficient (Wildman–Crippen LogP) is 2.10. The first kappa shape index (κ1) is 14.0. The summed E-state index contributed by atoms with van der Waals surface area (Å²) in [7, 11) is 4.36. The highest BCUT2D eigenvalue weighted by molar-refractivity contribution is 9.10. The third-order valence-corrected chi connectivity index (χ3v) is 4.27. The maximum Gasteiger partial charge on any atom is 0.177 e. The fraction of sp³-hybridized carbons (Fsp3) is 0.571. The number of hydrogen-bond acceptors (Lipinski definition) is 4. The number of nitrogens with one attached hydrogen (secondary N) is 1. The Morgan fingerprint density at radius 2 is 2.40 bits per heavy atom. The second-order valence-electron chi connectivity index (χ2n) is 5.82. The fourth-order valence-corrected chi connectivity index (χ4v) is 3.27. The Morgan fingerprint density at radius 1 is 1.55 bits per heavy atom. The molecule has 1 saturated heterocycles. The van der Waals surface area contributed by atoms with Gasteiger partial charge in [0.05, 0.1) is 12.1 Å². The standard InChI is InChI=1S/C14H20BrN5/c1-19-4-3-10(7-19)8-20(2)9-13-17-12-5-11(15)6-16-14(12)18-13/h5-6,10H,3-4,7-9H2,1-2H3,(H,16,17,18). The van der Waals surface area contributed by atoms with Gasteiger partial charge < -0.3 is 9.88 Å². The summed E-state index contributed by atoms with van der Waals surface area (Å²) < 4.78 is 0.975. The summed E-state index contributed by atoms with van der Waals surface area (Å²) in [6.45, 7) is 4.40. The highest BCUT2D eigenvalue weighted by Crippen LogP contribution is 2.18. The van der Waals surface area contributed by atoms with Gasteiger partial charge in [0, 0.05) is 23.8 Å². The van der Waals surface area contributed by atoms with Gasteiger partial charge in [-0.1, -0.05) is 0 Å². The molecule has 0 spiro atoms. The van der Waals surface area contributed by atoms with E-state index in [2.05, 4.69) is 54.8 Å². The zero-order chi connectivity index (χ0) is 14.1. The number of likely N-dealkylation sites (tertiary alicyclic amines) is 1. The van der Waals surface area contributed by atoms with Crippen molar-refractivity contribution in [3.05, 3.63) is 22.6 Å². The summed E-state index contributed by atoms with van der Waals surface area (Å²) >= 11 is 3.43. The maximum atomic E-state index is 4.54. The number of aromatic nitrogens is 3. The number of imidazole rings is 1. The molecule has 0 bridgehead atoms. The van der Waals surface area contributed by atoms with Gasteiger partial charge in [0.2, 0.25) is 0 Å². The van der Waals surface area contributed by atoms with E-state index >= 15 is 0 Å². The lowest BCUT2D eigenvalue weighted by atomic mass is 10.1. The minimum atomic E-state index is 0.779. The number of H-pyrrole nitrogens is 1. The van der Waals surface area contributed by atoms with Crippen LogP contribution in [0.4, 0.5) is 0 Å². The lowest BCUT2D eigenvalue weighted by Gasteiger charge is -2.19. The number of aromatic amines is 1. The van der Waals surface area contributed by atoms with Crippen LogP contribution in [0.25, 0.3) is 11.2 Å². The fourth-order valence-electron chi connectivity index (χ4n) is 2.94. The van der Waals surface area contributed by atoms with Gasteiger partial charge in [-0.2, -0.15) is 0 Å². The van der Waals surface area contributed by atoms with Gasteiger partial charge in [0.25, 0.3) is 0 Å². The van der Waals surface area contributed by atoms with Crippen molar-refractivity contribution in [2.75, 3.05) is 33.7 Å². The zero-order valence-electron chi connectivity index (χ0n) is 11.9. The topological polar surface area (TPSA) is 48.1 Å². The molecule has 0 amide bonds. The molecule has 1 N–H and O–H groups in total. The molecule has 1 fully saturated rings. The number of pyridine rings is 1. The normalized spacial score (nSPS) is 20.3. The van der Waals surface area contributed by atoms with Crippen LogP contribution in [0.5, 0.6) is 0 Å². The van der Waals surface area contributed by atoms with Crippen LogP contribution in [0, 0.1) is 5.92 Å². The van der Waals surface area contributed by atoms with Gasteiger partial charge in [-0.3, -0.25) is 4.90 Å². The van der Waals surface area contributed by atoms with Crippen LogP contribution >= 0.6 is 15.9 Å². The minimum Gasteiger partial charge on any atom is -0.339 e. The van der Waals surface area contributed by atoms with Crippen LogP contribution in [-0.2, 0) is 6.54 Å². The molecule has 3 rings (SSSR count). The Labute approximate surface area is 127 Å². The van der Waals surface area contributed by atoms with Gasteiger partial charge >= 0.3 is 0 Å². The lowest BCUT2D eigenvalue weighted by molar-refractivity contribution is 0.263. The van der Waals surface area contributed by atoms with E-state index in [9.17, 15) is 0 Å². The molecule has 1 atom stereocenters. The van der Waals surface area contributed by atoms with Gasteiger partial charge in [0.15, 0.2) is 5.65 Å². The highest BCUT2D eigenvalue weighted by Gasteiger charge is 2.21. The smallest absolute Gasteiger partial charge is 0.177 e. The van der Waals surface area contributed by atoms with Crippen molar-refractivity contribution in [3.8, 4) is 0 Å². The molecule has 6 heteroatoms. The van der Waals surface area contributed by atoms with E-state index in [4.69, 9.17) is 0 Å². The summed E-state index contributed by atoms with van der Waals surface area (Å²) in [5, 5.41) is 0. The second kappa shape index (κ2) is 5.79. The molecule has 0 radical (unpaired) electrons. The first-order valence-corrected chi connectivity index (χ1v) is 7.76. The summed E-state index contributed by atoms with van der Waals surface area (Å²) in [5.74, 6) is 1.76. The third kappa shape index (κ3) is 3.19. The molecule has 3 heterocycles. The van der Waals surface area contributed by atoms with Gasteiger partial charge in [-0.15, -0.1) is 0 Å². The molecule has 1 unspecified atom stereocenters. The Morgan fingerprint density at radius 3 is 3.15 bits per heavy atom. The van der Waals surface area contributed by atoms with Crippen LogP contribution in [0.1, 0.15) is 12.2 Å². The van der Waals surface area contributed by atoms with E-state index in [-0.39, 0.29) is 0 Å². The molecule has 5 nitrogen and oxygen atoms in total. The molecule has 2 aromatic heterocycles. The largest absolute Gasteiger partial charge is 0.339 e. The van der Waals surface area contributed by atoms with E-state index in [0.717, 1.165) is 40.5 Å². The predicted molar refractivity (Wildman–Crippen MR) is 83.5 cm³/mol. The van der Waals surface area contributed by atoms with Gasteiger partial charge in [-0.05, 0) is 55.0 Å². The molecular formula is C14H20BrN5. The summed E-state index contributed by atoms with van der Waals surface area (Å²) in [6.07, 6.45) is 3.08. The second-order valence-corrected chi connectivity index (χ2v) is 6.74. The summed E-state index contributed by atoms with van der Waals surface area (Å²) in [4.78, 5) is 16.9. The SMILES string of the molecule is CN1CCC(CN(C)Cc2nc3ncc(Br)cc3[nH]2)C1. The van der Waals surface area contributed by atoms with Crippen LogP contribution in [0.3, 0.4) is 0 Å². The maximum absolute atomic E-state index is 4.54. The number of fused-ring (bicyclic) bond motifs is 1. The third-order valence-electron chi connectivity index (χ3n) is 3.83. The Balaban J connectivity index is 1.63. The van der Waals surface area contributed by atoms with E-state index in [0.29, 0.717) is 0 Å². The molecule has 108 valence electrons. The van der Waals surface area contributed by atoms with E-state index in [1.807, 2.05) is 6.07 Å². The molecule has 20 heavy (non-hydrogen) atoms. The average molecular weight is 338 g/mol. The Kier molecular flexibility index (Phi) is 4.05. The van der Waals surface area contributed by atoms with Crippen molar-refractivity contribution in [1.82, 2.24) is 24.8 Å². The van der Waals surface area contributed by atoms with E-state index < -0.39 is 0 Å². The van der Waals surface area contributed by atoms with Crippen molar-refractivity contribution in [3.63, 3.8) is 0 Å². The van der Waals surface area contributed by atoms with Crippen LogP contribution in [0.2, 0.25) is 0 Å². The molecule has 0 saturated carbocycles. The Hall–Kier alpha value is -0.980.